The zero-order chi connectivity index (χ0) is 14.6. The number of allylic oxidation sites excluding steroid dienone is 2. The van der Waals surface area contributed by atoms with E-state index in [-0.39, 0.29) is 5.92 Å². The number of rotatable bonds is 1. The molecule has 0 amide bonds. The Kier molecular flexibility index (Phi) is 2.43. The summed E-state index contributed by atoms with van der Waals surface area (Å²) in [6.45, 7) is 3.78. The minimum atomic E-state index is -0.136. The van der Waals surface area contributed by atoms with Crippen molar-refractivity contribution in [3.63, 3.8) is 0 Å². The first kappa shape index (κ1) is 12.2. The largest absolute Gasteiger partial charge is 0.338 e. The number of aromatic amines is 1. The lowest BCUT2D eigenvalue weighted by Gasteiger charge is -2.22. The van der Waals surface area contributed by atoms with Crippen LogP contribution in [0.1, 0.15) is 29.0 Å². The molecule has 0 radical (unpaired) electrons. The molecule has 3 aromatic heterocycles. The third-order valence-electron chi connectivity index (χ3n) is 3.74. The Morgan fingerprint density at radius 2 is 2.29 bits per heavy atom. The number of fused-ring (bicyclic) bond motifs is 2. The molecule has 4 rings (SSSR count). The molecule has 2 N–H and O–H groups in total. The van der Waals surface area contributed by atoms with Crippen LogP contribution in [0.3, 0.4) is 0 Å². The number of aryl methyl sites for hydroxylation is 1. The van der Waals surface area contributed by atoms with Crippen LogP contribution in [0.2, 0.25) is 0 Å². The second-order valence-electron chi connectivity index (χ2n) is 5.02. The quantitative estimate of drug-likeness (QED) is 0.719. The van der Waals surface area contributed by atoms with E-state index in [9.17, 15) is 5.26 Å². The molecule has 0 spiro atoms. The molecule has 4 heterocycles. The molecule has 1 unspecified atom stereocenters. The van der Waals surface area contributed by atoms with Crippen LogP contribution in [0.4, 0.5) is 5.88 Å². The number of hydrogen-bond donors (Lipinski definition) is 2. The summed E-state index contributed by atoms with van der Waals surface area (Å²) in [5.74, 6) is 0.493. The normalized spacial score (nSPS) is 17.7. The van der Waals surface area contributed by atoms with Gasteiger partial charge in [-0.2, -0.15) is 10.4 Å². The van der Waals surface area contributed by atoms with Crippen LogP contribution >= 0.6 is 11.3 Å². The van der Waals surface area contributed by atoms with Crippen LogP contribution in [0.25, 0.3) is 10.2 Å². The SMILES string of the molecule is CC1=C(C#N)C(c2cc3[nH]ncc3s2)c2c(C)noc2N1. The highest BCUT2D eigenvalue weighted by Gasteiger charge is 2.34. The van der Waals surface area contributed by atoms with Gasteiger partial charge in [0.15, 0.2) is 0 Å². The molecular weight excluding hydrogens is 286 g/mol. The smallest absolute Gasteiger partial charge is 0.233 e. The Morgan fingerprint density at radius 3 is 3.05 bits per heavy atom. The van der Waals surface area contributed by atoms with Crippen LogP contribution in [0.15, 0.2) is 28.1 Å². The highest BCUT2D eigenvalue weighted by atomic mass is 32.1. The number of nitrogens with one attached hydrogen (secondary N) is 2. The lowest BCUT2D eigenvalue weighted by Crippen LogP contribution is -2.15. The third kappa shape index (κ3) is 1.63. The molecule has 0 saturated carbocycles. The number of aromatic nitrogens is 3. The summed E-state index contributed by atoms with van der Waals surface area (Å²) in [6.07, 6.45) is 1.80. The van der Waals surface area contributed by atoms with Gasteiger partial charge in [-0.1, -0.05) is 5.16 Å². The van der Waals surface area contributed by atoms with Gasteiger partial charge in [-0.25, -0.2) is 0 Å². The van der Waals surface area contributed by atoms with Gasteiger partial charge in [0.25, 0.3) is 0 Å². The Morgan fingerprint density at radius 1 is 1.43 bits per heavy atom. The van der Waals surface area contributed by atoms with E-state index >= 15 is 0 Å². The molecule has 1 aliphatic heterocycles. The van der Waals surface area contributed by atoms with Crippen LogP contribution in [-0.4, -0.2) is 15.4 Å². The highest BCUT2D eigenvalue weighted by Crippen LogP contribution is 2.45. The zero-order valence-corrected chi connectivity index (χ0v) is 12.2. The van der Waals surface area contributed by atoms with Gasteiger partial charge in [0.05, 0.1) is 45.2 Å². The summed E-state index contributed by atoms with van der Waals surface area (Å²) in [4.78, 5) is 1.09. The van der Waals surface area contributed by atoms with E-state index in [1.54, 1.807) is 17.5 Å². The maximum Gasteiger partial charge on any atom is 0.233 e. The molecule has 21 heavy (non-hydrogen) atoms. The van der Waals surface area contributed by atoms with Gasteiger partial charge in [0, 0.05) is 10.6 Å². The van der Waals surface area contributed by atoms with Crippen molar-refractivity contribution in [2.24, 2.45) is 0 Å². The van der Waals surface area contributed by atoms with Crippen molar-refractivity contribution in [2.45, 2.75) is 19.8 Å². The van der Waals surface area contributed by atoms with Crippen LogP contribution in [-0.2, 0) is 0 Å². The summed E-state index contributed by atoms with van der Waals surface area (Å²) >= 11 is 1.63. The topological polar surface area (TPSA) is 90.5 Å². The second kappa shape index (κ2) is 4.20. The Bertz CT molecular complexity index is 894. The van der Waals surface area contributed by atoms with Gasteiger partial charge in [0.1, 0.15) is 0 Å². The van der Waals surface area contributed by atoms with Gasteiger partial charge < -0.3 is 9.84 Å². The van der Waals surface area contributed by atoms with E-state index < -0.39 is 0 Å². The van der Waals surface area contributed by atoms with Crippen LogP contribution in [0.5, 0.6) is 0 Å². The van der Waals surface area contributed by atoms with Gasteiger partial charge in [-0.15, -0.1) is 11.3 Å². The van der Waals surface area contributed by atoms with Gasteiger partial charge in [-0.3, -0.25) is 5.10 Å². The van der Waals surface area contributed by atoms with Crippen molar-refractivity contribution in [3.8, 4) is 6.07 Å². The van der Waals surface area contributed by atoms with E-state index in [1.165, 1.54) is 0 Å². The molecule has 6 nitrogen and oxygen atoms in total. The summed E-state index contributed by atoms with van der Waals surface area (Å²) in [6, 6.07) is 4.37. The first-order chi connectivity index (χ1) is 10.2. The predicted octanol–water partition coefficient (Wildman–Crippen LogP) is 3.28. The molecule has 7 heteroatoms. The standard InChI is InChI=1S/C14H11N5OS/c1-6-8(4-15)13(12-7(2)19-20-14(12)17-6)10-3-9-11(21-10)5-16-18-9/h3,5,13,17H,1-2H3,(H,16,18). The number of nitrogens with zero attached hydrogens (tertiary/aromatic N) is 3. The predicted molar refractivity (Wildman–Crippen MR) is 79.0 cm³/mol. The number of thiophene rings is 1. The third-order valence-corrected chi connectivity index (χ3v) is 4.88. The average Bonchev–Trinajstić information content (AvgIpc) is 3.12. The molecule has 1 atom stereocenters. The fourth-order valence-electron chi connectivity index (χ4n) is 2.75. The number of anilines is 1. The van der Waals surface area contributed by atoms with Gasteiger partial charge >= 0.3 is 0 Å². The molecule has 1 aliphatic rings. The summed E-state index contributed by atoms with van der Waals surface area (Å²) in [5.41, 5.74) is 4.23. The Balaban J connectivity index is 1.97. The molecule has 0 aliphatic carbocycles. The van der Waals surface area contributed by atoms with E-state index in [2.05, 4.69) is 26.7 Å². The van der Waals surface area contributed by atoms with Gasteiger partial charge in [-0.05, 0) is 19.9 Å². The van der Waals surface area contributed by atoms with Crippen LogP contribution < -0.4 is 5.32 Å². The number of H-pyrrole nitrogens is 1. The van der Waals surface area contributed by atoms with Crippen molar-refractivity contribution >= 4 is 27.4 Å². The molecule has 104 valence electrons. The molecule has 0 aromatic carbocycles. The first-order valence-electron chi connectivity index (χ1n) is 6.46. The minimum Gasteiger partial charge on any atom is -0.338 e. The summed E-state index contributed by atoms with van der Waals surface area (Å²) in [5, 5.41) is 23.7. The molecule has 0 saturated heterocycles. The molecule has 0 bridgehead atoms. The van der Waals surface area contributed by atoms with E-state index in [0.29, 0.717) is 11.5 Å². The maximum atomic E-state index is 9.56. The lowest BCUT2D eigenvalue weighted by atomic mass is 9.86. The summed E-state index contributed by atoms with van der Waals surface area (Å²) < 4.78 is 6.41. The Labute approximate surface area is 124 Å². The summed E-state index contributed by atoms with van der Waals surface area (Å²) in [7, 11) is 0. The van der Waals surface area contributed by atoms with Gasteiger partial charge in [0.2, 0.25) is 5.88 Å². The number of hydrogen-bond acceptors (Lipinski definition) is 6. The molecule has 3 aromatic rings. The van der Waals surface area contributed by atoms with E-state index in [4.69, 9.17) is 4.52 Å². The molecular formula is C14H11N5OS. The zero-order valence-electron chi connectivity index (χ0n) is 11.4. The second-order valence-corrected chi connectivity index (χ2v) is 6.13. The van der Waals surface area contributed by atoms with Crippen molar-refractivity contribution in [1.29, 1.82) is 5.26 Å². The fraction of sp³-hybridized carbons (Fsp3) is 0.214. The Hall–Kier alpha value is -2.59. The first-order valence-corrected chi connectivity index (χ1v) is 7.27. The molecule has 0 fully saturated rings. The maximum absolute atomic E-state index is 9.56. The van der Waals surface area contributed by atoms with E-state index in [1.807, 2.05) is 19.9 Å². The van der Waals surface area contributed by atoms with Crippen molar-refractivity contribution < 1.29 is 4.52 Å². The van der Waals surface area contributed by atoms with E-state index in [0.717, 1.165) is 32.0 Å². The average molecular weight is 297 g/mol. The minimum absolute atomic E-state index is 0.136. The lowest BCUT2D eigenvalue weighted by molar-refractivity contribution is 0.428. The van der Waals surface area contributed by atoms with Crippen molar-refractivity contribution in [2.75, 3.05) is 5.32 Å². The van der Waals surface area contributed by atoms with Crippen molar-refractivity contribution in [1.82, 2.24) is 15.4 Å². The number of nitriles is 1. The highest BCUT2D eigenvalue weighted by molar-refractivity contribution is 7.19. The van der Waals surface area contributed by atoms with Crippen LogP contribution in [0, 0.1) is 18.3 Å². The fourth-order valence-corrected chi connectivity index (χ4v) is 3.85. The van der Waals surface area contributed by atoms with Crippen molar-refractivity contribution in [3.05, 3.63) is 39.7 Å². The monoisotopic (exact) mass is 297 g/mol.